The molecule has 1 aliphatic carbocycles. The fraction of sp³-hybridized carbons (Fsp3) is 0.688. The SMILES string of the molecule is Cc1c(C)c(C)c(S(=O)(=O)N[C@H](C(=O)N2C[C@H]3[C@@H]([C@H]2C(=O)N[C@H](C#N)C[C@@H]2CCNC2=O)C3(C)C)C(C)(C)C)c(C)c1C. The van der Waals surface area contributed by atoms with Crippen LogP contribution >= 0.6 is 0 Å². The van der Waals surface area contributed by atoms with Crippen molar-refractivity contribution in [1.82, 2.24) is 20.3 Å². The van der Waals surface area contributed by atoms with Crippen LogP contribution in [0.3, 0.4) is 0 Å². The quantitative estimate of drug-likeness (QED) is 0.411. The number of hydrogen-bond acceptors (Lipinski definition) is 6. The molecule has 0 bridgehead atoms. The molecular weight excluding hydrogens is 566 g/mol. The molecule has 1 aromatic carbocycles. The van der Waals surface area contributed by atoms with Gasteiger partial charge in [-0.2, -0.15) is 9.98 Å². The van der Waals surface area contributed by atoms with Gasteiger partial charge in [-0.25, -0.2) is 8.42 Å². The Morgan fingerprint density at radius 3 is 2.12 bits per heavy atom. The first-order valence-corrected chi connectivity index (χ1v) is 16.6. The normalized spacial score (nSPS) is 25.9. The monoisotopic (exact) mass is 613 g/mol. The molecule has 3 N–H and O–H groups in total. The fourth-order valence-electron chi connectivity index (χ4n) is 7.21. The molecule has 1 aromatic rings. The molecule has 0 unspecified atom stereocenters. The maximum absolute atomic E-state index is 14.3. The van der Waals surface area contributed by atoms with Crippen molar-refractivity contribution in [3.8, 4) is 6.07 Å². The van der Waals surface area contributed by atoms with E-state index >= 15 is 0 Å². The van der Waals surface area contributed by atoms with Gasteiger partial charge in [-0.1, -0.05) is 34.6 Å². The molecule has 2 heterocycles. The smallest absolute Gasteiger partial charge is 0.244 e. The Labute approximate surface area is 256 Å². The molecule has 236 valence electrons. The van der Waals surface area contributed by atoms with Gasteiger partial charge in [0.2, 0.25) is 27.7 Å². The summed E-state index contributed by atoms with van der Waals surface area (Å²) >= 11 is 0. The summed E-state index contributed by atoms with van der Waals surface area (Å²) in [6.45, 7) is 19.8. The van der Waals surface area contributed by atoms with Crippen LogP contribution in [0.25, 0.3) is 0 Å². The molecule has 2 aliphatic heterocycles. The van der Waals surface area contributed by atoms with Crippen molar-refractivity contribution in [2.75, 3.05) is 13.1 Å². The zero-order valence-electron chi connectivity index (χ0n) is 27.1. The Morgan fingerprint density at radius 1 is 1.07 bits per heavy atom. The van der Waals surface area contributed by atoms with Gasteiger partial charge in [-0.05, 0) is 97.9 Å². The van der Waals surface area contributed by atoms with Crippen LogP contribution in [0.1, 0.15) is 75.3 Å². The van der Waals surface area contributed by atoms with E-state index in [9.17, 15) is 28.1 Å². The average molecular weight is 614 g/mol. The maximum atomic E-state index is 14.3. The van der Waals surface area contributed by atoms with Crippen molar-refractivity contribution in [2.24, 2.45) is 28.6 Å². The highest BCUT2D eigenvalue weighted by Gasteiger charge is 2.70. The Hall–Kier alpha value is -2.97. The summed E-state index contributed by atoms with van der Waals surface area (Å²) in [5.41, 5.74) is 3.13. The number of likely N-dealkylation sites (tertiary alicyclic amines) is 1. The molecule has 3 amide bonds. The lowest BCUT2D eigenvalue weighted by Gasteiger charge is -2.38. The average Bonchev–Trinajstić information content (AvgIpc) is 3.26. The number of benzene rings is 1. The van der Waals surface area contributed by atoms with Gasteiger partial charge in [-0.3, -0.25) is 14.4 Å². The fourth-order valence-corrected chi connectivity index (χ4v) is 9.21. The number of sulfonamides is 1. The topological polar surface area (TPSA) is 148 Å². The number of carbonyl (C=O) groups excluding carboxylic acids is 3. The number of carbonyl (C=O) groups is 3. The second-order valence-electron chi connectivity index (χ2n) is 14.5. The van der Waals surface area contributed by atoms with Crippen LogP contribution in [0, 0.1) is 74.5 Å². The number of nitrogens with one attached hydrogen (secondary N) is 3. The molecule has 4 rings (SSSR count). The van der Waals surface area contributed by atoms with E-state index in [1.165, 1.54) is 4.90 Å². The van der Waals surface area contributed by atoms with Crippen LogP contribution in [0.2, 0.25) is 0 Å². The number of amides is 3. The van der Waals surface area contributed by atoms with Crippen LogP contribution < -0.4 is 15.4 Å². The predicted octanol–water partition coefficient (Wildman–Crippen LogP) is 2.94. The van der Waals surface area contributed by atoms with E-state index in [0.717, 1.165) is 16.7 Å². The summed E-state index contributed by atoms with van der Waals surface area (Å²) in [4.78, 5) is 41.9. The first-order valence-electron chi connectivity index (χ1n) is 15.1. The van der Waals surface area contributed by atoms with Crippen molar-refractivity contribution >= 4 is 27.7 Å². The van der Waals surface area contributed by atoms with E-state index in [4.69, 9.17) is 0 Å². The minimum absolute atomic E-state index is 0.0810. The molecular formula is C32H47N5O5S. The standard InChI is InChI=1S/C32H47N5O5S/c1-16-17(2)19(4)26(20(5)18(16)3)43(41,42)36-27(31(6,7)8)30(40)37-15-23-24(32(23,9)10)25(37)29(39)35-22(14-33)13-21-11-12-34-28(21)38/h21-25,27,36H,11-13,15H2,1-10H3,(H,34,38)(H,35,39)/t21-,22-,23-,24-,25-,27+/m0/s1. The van der Waals surface area contributed by atoms with E-state index < -0.39 is 45.4 Å². The van der Waals surface area contributed by atoms with Gasteiger partial charge in [0.25, 0.3) is 0 Å². The van der Waals surface area contributed by atoms with Crippen LogP contribution in [0.15, 0.2) is 4.90 Å². The first-order chi connectivity index (χ1) is 19.7. The van der Waals surface area contributed by atoms with Gasteiger partial charge in [0.1, 0.15) is 18.1 Å². The third-order valence-electron chi connectivity index (χ3n) is 10.5. The molecule has 3 fully saturated rings. The Kier molecular flexibility index (Phi) is 8.57. The van der Waals surface area contributed by atoms with E-state index in [1.807, 2.05) is 20.8 Å². The lowest BCUT2D eigenvalue weighted by atomic mass is 9.86. The summed E-state index contributed by atoms with van der Waals surface area (Å²) in [6.07, 6.45) is 0.801. The predicted molar refractivity (Wildman–Crippen MR) is 163 cm³/mol. The minimum Gasteiger partial charge on any atom is -0.356 e. The highest BCUT2D eigenvalue weighted by Crippen LogP contribution is 2.65. The van der Waals surface area contributed by atoms with Crippen molar-refractivity contribution in [2.45, 2.75) is 105 Å². The minimum atomic E-state index is -4.12. The Balaban J connectivity index is 1.64. The molecule has 2 saturated heterocycles. The van der Waals surface area contributed by atoms with Gasteiger partial charge in [-0.15, -0.1) is 0 Å². The summed E-state index contributed by atoms with van der Waals surface area (Å²) in [6, 6.07) is -0.751. The van der Waals surface area contributed by atoms with Gasteiger partial charge in [0.05, 0.1) is 11.0 Å². The van der Waals surface area contributed by atoms with E-state index in [-0.39, 0.29) is 40.4 Å². The highest BCUT2D eigenvalue weighted by atomic mass is 32.2. The second kappa shape index (κ2) is 11.2. The molecule has 1 saturated carbocycles. The first kappa shape index (κ1) is 32.9. The van der Waals surface area contributed by atoms with Crippen LogP contribution in [0.4, 0.5) is 0 Å². The molecule has 10 nitrogen and oxygen atoms in total. The zero-order chi connectivity index (χ0) is 32.4. The number of nitriles is 1. The number of rotatable bonds is 8. The van der Waals surface area contributed by atoms with E-state index in [0.29, 0.717) is 30.6 Å². The number of nitrogens with zero attached hydrogens (tertiary/aromatic N) is 2. The Morgan fingerprint density at radius 2 is 1.63 bits per heavy atom. The maximum Gasteiger partial charge on any atom is 0.244 e. The van der Waals surface area contributed by atoms with Crippen LogP contribution in [-0.2, 0) is 24.4 Å². The molecule has 0 radical (unpaired) electrons. The third-order valence-corrected chi connectivity index (χ3v) is 12.2. The van der Waals surface area contributed by atoms with Gasteiger partial charge < -0.3 is 15.5 Å². The molecule has 6 atom stereocenters. The lowest BCUT2D eigenvalue weighted by molar-refractivity contribution is -0.143. The van der Waals surface area contributed by atoms with Gasteiger partial charge in [0, 0.05) is 19.0 Å². The number of fused-ring (bicyclic) bond motifs is 1. The third kappa shape index (κ3) is 5.80. The van der Waals surface area contributed by atoms with Crippen molar-refractivity contribution < 1.29 is 22.8 Å². The lowest BCUT2D eigenvalue weighted by Crippen LogP contribution is -2.59. The van der Waals surface area contributed by atoms with E-state index in [1.54, 1.807) is 34.6 Å². The van der Waals surface area contributed by atoms with Crippen molar-refractivity contribution in [1.29, 1.82) is 5.26 Å². The highest BCUT2D eigenvalue weighted by molar-refractivity contribution is 7.89. The molecule has 43 heavy (non-hydrogen) atoms. The molecule has 0 spiro atoms. The molecule has 0 aromatic heterocycles. The van der Waals surface area contributed by atoms with Gasteiger partial charge >= 0.3 is 0 Å². The van der Waals surface area contributed by atoms with E-state index in [2.05, 4.69) is 35.3 Å². The summed E-state index contributed by atoms with van der Waals surface area (Å²) < 4.78 is 30.8. The number of hydrogen-bond donors (Lipinski definition) is 3. The number of piperidine rings is 1. The summed E-state index contributed by atoms with van der Waals surface area (Å²) in [5, 5.41) is 15.4. The Bertz CT molecular complexity index is 1470. The zero-order valence-corrected chi connectivity index (χ0v) is 28.0. The summed E-state index contributed by atoms with van der Waals surface area (Å²) in [5.74, 6) is -1.41. The van der Waals surface area contributed by atoms with Crippen LogP contribution in [0.5, 0.6) is 0 Å². The molecule has 3 aliphatic rings. The molecule has 11 heteroatoms. The largest absolute Gasteiger partial charge is 0.356 e. The van der Waals surface area contributed by atoms with Crippen LogP contribution in [-0.4, -0.2) is 62.3 Å². The van der Waals surface area contributed by atoms with Gasteiger partial charge in [0.15, 0.2) is 0 Å². The second-order valence-corrected chi connectivity index (χ2v) is 16.1. The van der Waals surface area contributed by atoms with Crippen molar-refractivity contribution in [3.05, 3.63) is 27.8 Å². The van der Waals surface area contributed by atoms with Crippen molar-refractivity contribution in [3.63, 3.8) is 0 Å². The summed E-state index contributed by atoms with van der Waals surface area (Å²) in [7, 11) is -4.12.